The molecular formula is C21H18Cl2N2O2S. The van der Waals surface area contributed by atoms with Gasteiger partial charge in [0.25, 0.3) is 5.24 Å². The van der Waals surface area contributed by atoms with Gasteiger partial charge in [-0.25, -0.2) is 4.90 Å². The van der Waals surface area contributed by atoms with Crippen molar-refractivity contribution in [3.8, 4) is 0 Å². The standard InChI is InChI=1S/C21H18Cl2N2O2S/c22-12-7-15-16(9-24(13-5-6-13)10-17(15)18(23)8-12)14-3-1-2-4-19(14)25-20(26)11-28-21(25)27/h1-4,7-8,13,16H,5-6,9-11H2/t16-/m0/s1. The van der Waals surface area contributed by atoms with Crippen molar-refractivity contribution in [2.24, 2.45) is 0 Å². The van der Waals surface area contributed by atoms with Crippen LogP contribution in [0.5, 0.6) is 0 Å². The maximum Gasteiger partial charge on any atom is 0.293 e. The van der Waals surface area contributed by atoms with Gasteiger partial charge in [-0.1, -0.05) is 53.2 Å². The molecule has 28 heavy (non-hydrogen) atoms. The zero-order chi connectivity index (χ0) is 19.4. The van der Waals surface area contributed by atoms with E-state index in [2.05, 4.69) is 4.90 Å². The minimum atomic E-state index is -0.211. The Morgan fingerprint density at radius 1 is 1.04 bits per heavy atom. The van der Waals surface area contributed by atoms with Crippen LogP contribution in [0.3, 0.4) is 0 Å². The van der Waals surface area contributed by atoms with Gasteiger partial charge in [-0.15, -0.1) is 0 Å². The highest BCUT2D eigenvalue weighted by Crippen LogP contribution is 2.45. The van der Waals surface area contributed by atoms with Gasteiger partial charge in [0.05, 0.1) is 11.4 Å². The number of halogens is 2. The SMILES string of the molecule is O=C1CSC(=O)N1c1ccccc1[C@@H]1CN(C2CC2)Cc2c(Cl)cc(Cl)cc21. The minimum absolute atomic E-state index is 0.00273. The third-order valence-corrected chi connectivity index (χ3v) is 7.09. The second-order valence-corrected chi connectivity index (χ2v) is 9.28. The van der Waals surface area contributed by atoms with Gasteiger partial charge in [0.2, 0.25) is 5.91 Å². The molecule has 7 heteroatoms. The summed E-state index contributed by atoms with van der Waals surface area (Å²) in [6, 6.07) is 12.1. The molecule has 2 aromatic carbocycles. The average molecular weight is 433 g/mol. The van der Waals surface area contributed by atoms with E-state index in [-0.39, 0.29) is 22.8 Å². The summed E-state index contributed by atoms with van der Waals surface area (Å²) in [5.74, 6) is 0.0323. The second-order valence-electron chi connectivity index (χ2n) is 7.51. The minimum Gasteiger partial charge on any atom is -0.295 e. The molecule has 2 fully saturated rings. The maximum atomic E-state index is 12.4. The van der Waals surface area contributed by atoms with E-state index in [0.717, 1.165) is 41.5 Å². The smallest absolute Gasteiger partial charge is 0.293 e. The van der Waals surface area contributed by atoms with Crippen LogP contribution in [-0.2, 0) is 11.3 Å². The molecule has 2 aromatic rings. The van der Waals surface area contributed by atoms with Crippen LogP contribution < -0.4 is 4.90 Å². The molecule has 3 aliphatic rings. The lowest BCUT2D eigenvalue weighted by atomic mass is 9.83. The highest BCUT2D eigenvalue weighted by atomic mass is 35.5. The van der Waals surface area contributed by atoms with Gasteiger partial charge in [-0.05, 0) is 47.7 Å². The van der Waals surface area contributed by atoms with Gasteiger partial charge >= 0.3 is 0 Å². The monoisotopic (exact) mass is 432 g/mol. The molecule has 1 aliphatic carbocycles. The molecule has 0 bridgehead atoms. The summed E-state index contributed by atoms with van der Waals surface area (Å²) in [4.78, 5) is 28.5. The molecule has 1 saturated carbocycles. The maximum absolute atomic E-state index is 12.4. The summed E-state index contributed by atoms with van der Waals surface area (Å²) in [6.45, 7) is 1.64. The van der Waals surface area contributed by atoms with E-state index in [4.69, 9.17) is 23.2 Å². The number of para-hydroxylation sites is 1. The molecule has 0 radical (unpaired) electrons. The van der Waals surface area contributed by atoms with Crippen molar-refractivity contribution in [3.05, 3.63) is 63.1 Å². The van der Waals surface area contributed by atoms with E-state index >= 15 is 0 Å². The van der Waals surface area contributed by atoms with Crippen molar-refractivity contribution in [1.29, 1.82) is 0 Å². The van der Waals surface area contributed by atoms with Gasteiger partial charge in [0, 0.05) is 35.1 Å². The second kappa shape index (κ2) is 7.06. The van der Waals surface area contributed by atoms with E-state index in [1.807, 2.05) is 30.3 Å². The Morgan fingerprint density at radius 2 is 1.82 bits per heavy atom. The Kier molecular flexibility index (Phi) is 4.67. The summed E-state index contributed by atoms with van der Waals surface area (Å²) in [5, 5.41) is 1.07. The summed E-state index contributed by atoms with van der Waals surface area (Å²) < 4.78 is 0. The largest absolute Gasteiger partial charge is 0.295 e. The molecule has 144 valence electrons. The molecule has 0 aromatic heterocycles. The van der Waals surface area contributed by atoms with Gasteiger partial charge in [0.1, 0.15) is 0 Å². The van der Waals surface area contributed by atoms with Crippen LogP contribution in [0, 0.1) is 0 Å². The van der Waals surface area contributed by atoms with Crippen LogP contribution in [-0.4, -0.2) is 34.4 Å². The lowest BCUT2D eigenvalue weighted by Gasteiger charge is -2.37. The van der Waals surface area contributed by atoms with Crippen LogP contribution in [0.25, 0.3) is 0 Å². The topological polar surface area (TPSA) is 40.6 Å². The van der Waals surface area contributed by atoms with Gasteiger partial charge in [-0.2, -0.15) is 0 Å². The van der Waals surface area contributed by atoms with Crippen molar-refractivity contribution >= 4 is 51.8 Å². The Labute approximate surface area is 177 Å². The summed E-state index contributed by atoms with van der Waals surface area (Å²) in [6.07, 6.45) is 2.41. The van der Waals surface area contributed by atoms with Crippen LogP contribution in [0.4, 0.5) is 10.5 Å². The van der Waals surface area contributed by atoms with Crippen LogP contribution in [0.15, 0.2) is 36.4 Å². The first-order valence-electron chi connectivity index (χ1n) is 9.33. The van der Waals surface area contributed by atoms with Gasteiger partial charge in [-0.3, -0.25) is 14.5 Å². The van der Waals surface area contributed by atoms with Crippen molar-refractivity contribution in [3.63, 3.8) is 0 Å². The van der Waals surface area contributed by atoms with Crippen molar-refractivity contribution < 1.29 is 9.59 Å². The number of anilines is 1. The van der Waals surface area contributed by atoms with E-state index in [1.54, 1.807) is 6.07 Å². The summed E-state index contributed by atoms with van der Waals surface area (Å²) in [5.41, 5.74) is 3.83. The highest BCUT2D eigenvalue weighted by molar-refractivity contribution is 8.15. The predicted octanol–water partition coefficient (Wildman–Crippen LogP) is 5.30. The number of amides is 2. The first-order chi connectivity index (χ1) is 13.5. The fraction of sp³-hybridized carbons (Fsp3) is 0.333. The first kappa shape index (κ1) is 18.5. The molecule has 2 heterocycles. The number of hydrogen-bond acceptors (Lipinski definition) is 4. The molecule has 0 N–H and O–H groups in total. The van der Waals surface area contributed by atoms with Crippen LogP contribution in [0.2, 0.25) is 10.0 Å². The number of fused-ring (bicyclic) bond motifs is 1. The number of hydrogen-bond donors (Lipinski definition) is 0. The van der Waals surface area contributed by atoms with Crippen molar-refractivity contribution in [1.82, 2.24) is 4.90 Å². The first-order valence-corrected chi connectivity index (χ1v) is 11.1. The molecule has 1 saturated heterocycles. The van der Waals surface area contributed by atoms with Gasteiger partial charge < -0.3 is 0 Å². The summed E-state index contributed by atoms with van der Waals surface area (Å²) in [7, 11) is 0. The fourth-order valence-corrected chi connectivity index (χ4v) is 5.53. The Morgan fingerprint density at radius 3 is 2.54 bits per heavy atom. The number of carbonyl (C=O) groups excluding carboxylic acids is 2. The van der Waals surface area contributed by atoms with E-state index in [1.165, 1.54) is 17.7 Å². The Balaban J connectivity index is 1.65. The molecular weight excluding hydrogens is 415 g/mol. The molecule has 5 rings (SSSR count). The molecule has 1 atom stereocenters. The number of nitrogens with zero attached hydrogens (tertiary/aromatic N) is 2. The van der Waals surface area contributed by atoms with Crippen LogP contribution >= 0.6 is 35.0 Å². The van der Waals surface area contributed by atoms with Crippen molar-refractivity contribution in [2.45, 2.75) is 31.3 Å². The fourth-order valence-electron chi connectivity index (χ4n) is 4.26. The number of thioether (sulfide) groups is 1. The van der Waals surface area contributed by atoms with Crippen molar-refractivity contribution in [2.75, 3.05) is 17.2 Å². The number of imide groups is 1. The molecule has 0 unspecified atom stereocenters. The molecule has 2 amide bonds. The quantitative estimate of drug-likeness (QED) is 0.659. The number of carbonyl (C=O) groups is 2. The van der Waals surface area contributed by atoms with Crippen LogP contribution in [0.1, 0.15) is 35.4 Å². The number of rotatable bonds is 3. The third-order valence-electron chi connectivity index (χ3n) is 5.72. The zero-order valence-corrected chi connectivity index (χ0v) is 17.4. The molecule has 2 aliphatic heterocycles. The van der Waals surface area contributed by atoms with E-state index in [9.17, 15) is 9.59 Å². The molecule has 0 spiro atoms. The lowest BCUT2D eigenvalue weighted by molar-refractivity contribution is -0.115. The normalized spacial score (nSPS) is 22.6. The number of benzene rings is 2. The Hall–Kier alpha value is -1.53. The summed E-state index contributed by atoms with van der Waals surface area (Å²) >= 11 is 14.0. The highest BCUT2D eigenvalue weighted by Gasteiger charge is 2.39. The third kappa shape index (κ3) is 3.14. The average Bonchev–Trinajstić information content (AvgIpc) is 3.47. The predicted molar refractivity (Wildman–Crippen MR) is 114 cm³/mol. The lowest BCUT2D eigenvalue weighted by Crippen LogP contribution is -2.37. The van der Waals surface area contributed by atoms with E-state index in [0.29, 0.717) is 21.8 Å². The Bertz CT molecular complexity index is 976. The molecule has 4 nitrogen and oxygen atoms in total. The zero-order valence-electron chi connectivity index (χ0n) is 15.0. The van der Waals surface area contributed by atoms with Gasteiger partial charge in [0.15, 0.2) is 0 Å². The van der Waals surface area contributed by atoms with E-state index < -0.39 is 0 Å².